The molecule has 1 heterocycles. The zero-order valence-electron chi connectivity index (χ0n) is 15.2. The number of piperazine rings is 1. The Kier molecular flexibility index (Phi) is 6.75. The molecule has 0 saturated carbocycles. The van der Waals surface area contributed by atoms with Gasteiger partial charge in [-0.05, 0) is 42.5 Å². The Hall–Kier alpha value is -1.61. The van der Waals surface area contributed by atoms with E-state index in [4.69, 9.17) is 9.47 Å². The highest BCUT2D eigenvalue weighted by molar-refractivity contribution is 9.10. The fourth-order valence-corrected chi connectivity index (χ4v) is 4.95. The second-order valence-electron chi connectivity index (χ2n) is 6.23. The molecule has 0 spiro atoms. The molecule has 0 radical (unpaired) electrons. The summed E-state index contributed by atoms with van der Waals surface area (Å²) in [5.41, 5.74) is 0. The van der Waals surface area contributed by atoms with E-state index in [9.17, 15) is 8.42 Å². The lowest BCUT2D eigenvalue weighted by molar-refractivity contribution is 0.159. The number of hydrogen-bond donors (Lipinski definition) is 0. The first kappa shape index (κ1) is 20.1. The highest BCUT2D eigenvalue weighted by Crippen LogP contribution is 2.21. The van der Waals surface area contributed by atoms with Gasteiger partial charge in [-0.25, -0.2) is 8.42 Å². The van der Waals surface area contributed by atoms with Crippen LogP contribution >= 0.6 is 15.9 Å². The van der Waals surface area contributed by atoms with Gasteiger partial charge < -0.3 is 9.47 Å². The second kappa shape index (κ2) is 9.05. The molecule has 0 N–H and O–H groups in total. The zero-order chi connectivity index (χ0) is 19.3. The predicted octanol–water partition coefficient (Wildman–Crippen LogP) is 2.84. The van der Waals surface area contributed by atoms with Crippen LogP contribution in [0.5, 0.6) is 11.5 Å². The number of hydrogen-bond acceptors (Lipinski definition) is 5. The SMILES string of the molecule is COc1ccc(OCCN2CCN(S(=O)(=O)c3cccc(Br)c3)CC2)cc1. The molecular formula is C19H23BrN2O4S. The first-order valence-corrected chi connectivity index (χ1v) is 11.0. The van der Waals surface area contributed by atoms with Crippen LogP contribution in [-0.2, 0) is 10.0 Å². The summed E-state index contributed by atoms with van der Waals surface area (Å²) in [4.78, 5) is 2.55. The van der Waals surface area contributed by atoms with Crippen molar-refractivity contribution >= 4 is 26.0 Å². The summed E-state index contributed by atoms with van der Waals surface area (Å²) in [7, 11) is -1.81. The van der Waals surface area contributed by atoms with E-state index in [1.165, 1.54) is 0 Å². The van der Waals surface area contributed by atoms with Crippen molar-refractivity contribution in [1.82, 2.24) is 9.21 Å². The fourth-order valence-electron chi connectivity index (χ4n) is 2.93. The van der Waals surface area contributed by atoms with Gasteiger partial charge in [0.05, 0.1) is 12.0 Å². The third-order valence-corrected chi connectivity index (χ3v) is 6.89. The van der Waals surface area contributed by atoms with Crippen LogP contribution in [0.15, 0.2) is 57.9 Å². The molecule has 0 amide bonds. The monoisotopic (exact) mass is 454 g/mol. The van der Waals surface area contributed by atoms with E-state index in [0.29, 0.717) is 37.7 Å². The van der Waals surface area contributed by atoms with Crippen LogP contribution in [0, 0.1) is 0 Å². The van der Waals surface area contributed by atoms with Crippen LogP contribution in [0.2, 0.25) is 0 Å². The van der Waals surface area contributed by atoms with Crippen molar-refractivity contribution in [2.45, 2.75) is 4.90 Å². The summed E-state index contributed by atoms with van der Waals surface area (Å²) in [6, 6.07) is 14.3. The molecule has 6 nitrogen and oxygen atoms in total. The van der Waals surface area contributed by atoms with E-state index in [1.54, 1.807) is 29.6 Å². The Balaban J connectivity index is 1.47. The summed E-state index contributed by atoms with van der Waals surface area (Å²) < 4.78 is 38.7. The van der Waals surface area contributed by atoms with Crippen LogP contribution in [0.1, 0.15) is 0 Å². The number of rotatable bonds is 7. The first-order chi connectivity index (χ1) is 13.0. The van der Waals surface area contributed by atoms with E-state index in [-0.39, 0.29) is 0 Å². The lowest BCUT2D eigenvalue weighted by atomic mass is 10.3. The van der Waals surface area contributed by atoms with E-state index in [1.807, 2.05) is 30.3 Å². The molecule has 2 aromatic carbocycles. The Morgan fingerprint density at radius 3 is 2.30 bits per heavy atom. The smallest absolute Gasteiger partial charge is 0.243 e. The molecule has 2 aromatic rings. The molecule has 8 heteroatoms. The highest BCUT2D eigenvalue weighted by atomic mass is 79.9. The number of benzene rings is 2. The minimum Gasteiger partial charge on any atom is -0.497 e. The van der Waals surface area contributed by atoms with Gasteiger partial charge in [0.25, 0.3) is 0 Å². The third kappa shape index (κ3) is 5.22. The van der Waals surface area contributed by atoms with E-state index < -0.39 is 10.0 Å². The molecule has 27 heavy (non-hydrogen) atoms. The van der Waals surface area contributed by atoms with Gasteiger partial charge in [0.2, 0.25) is 10.0 Å². The summed E-state index contributed by atoms with van der Waals surface area (Å²) in [6.45, 7) is 3.68. The van der Waals surface area contributed by atoms with E-state index in [0.717, 1.165) is 22.5 Å². The zero-order valence-corrected chi connectivity index (χ0v) is 17.6. The van der Waals surface area contributed by atoms with Crippen molar-refractivity contribution in [3.05, 3.63) is 53.0 Å². The number of nitrogens with zero attached hydrogens (tertiary/aromatic N) is 2. The normalized spacial score (nSPS) is 16.2. The molecule has 146 valence electrons. The van der Waals surface area contributed by atoms with Gasteiger partial charge in [-0.1, -0.05) is 22.0 Å². The average molecular weight is 455 g/mol. The van der Waals surface area contributed by atoms with Crippen LogP contribution in [0.4, 0.5) is 0 Å². The Morgan fingerprint density at radius 1 is 1.00 bits per heavy atom. The fraction of sp³-hybridized carbons (Fsp3) is 0.368. The van der Waals surface area contributed by atoms with Crippen LogP contribution in [0.3, 0.4) is 0 Å². The lowest BCUT2D eigenvalue weighted by Crippen LogP contribution is -2.49. The number of sulfonamides is 1. The molecule has 1 aliphatic rings. The quantitative estimate of drug-likeness (QED) is 0.643. The molecule has 0 bridgehead atoms. The summed E-state index contributed by atoms with van der Waals surface area (Å²) in [6.07, 6.45) is 0. The predicted molar refractivity (Wildman–Crippen MR) is 108 cm³/mol. The van der Waals surface area contributed by atoms with Crippen LogP contribution < -0.4 is 9.47 Å². The number of ether oxygens (including phenoxy) is 2. The molecule has 1 saturated heterocycles. The maximum absolute atomic E-state index is 12.7. The molecule has 0 aromatic heterocycles. The van der Waals surface area contributed by atoms with Crippen molar-refractivity contribution in [3.63, 3.8) is 0 Å². The molecule has 1 fully saturated rings. The molecule has 1 aliphatic heterocycles. The van der Waals surface area contributed by atoms with Gasteiger partial charge in [-0.15, -0.1) is 0 Å². The summed E-state index contributed by atoms with van der Waals surface area (Å²) in [5.74, 6) is 1.59. The minimum atomic E-state index is -3.44. The third-order valence-electron chi connectivity index (χ3n) is 4.50. The first-order valence-electron chi connectivity index (χ1n) is 8.74. The lowest BCUT2D eigenvalue weighted by Gasteiger charge is -2.33. The number of methoxy groups -OCH3 is 1. The van der Waals surface area contributed by atoms with Crippen LogP contribution in [-0.4, -0.2) is 64.1 Å². The van der Waals surface area contributed by atoms with Gasteiger partial charge in [0, 0.05) is 37.2 Å². The Bertz CT molecular complexity index is 850. The second-order valence-corrected chi connectivity index (χ2v) is 9.08. The van der Waals surface area contributed by atoms with Crippen molar-refractivity contribution in [2.75, 3.05) is 46.4 Å². The topological polar surface area (TPSA) is 59.1 Å². The highest BCUT2D eigenvalue weighted by Gasteiger charge is 2.28. The largest absolute Gasteiger partial charge is 0.497 e. The van der Waals surface area contributed by atoms with Gasteiger partial charge in [-0.2, -0.15) is 4.31 Å². The molecule has 3 rings (SSSR count). The van der Waals surface area contributed by atoms with Crippen molar-refractivity contribution in [2.24, 2.45) is 0 Å². The molecule has 0 aliphatic carbocycles. The van der Waals surface area contributed by atoms with Crippen molar-refractivity contribution < 1.29 is 17.9 Å². The van der Waals surface area contributed by atoms with Gasteiger partial charge >= 0.3 is 0 Å². The standard InChI is InChI=1S/C19H23BrN2O4S/c1-25-17-5-7-18(8-6-17)26-14-13-21-9-11-22(12-10-21)27(23,24)19-4-2-3-16(20)15-19/h2-8,15H,9-14H2,1H3. The van der Waals surface area contributed by atoms with Gasteiger partial charge in [0.15, 0.2) is 0 Å². The molecule has 0 unspecified atom stereocenters. The Morgan fingerprint density at radius 2 is 1.67 bits per heavy atom. The number of halogens is 1. The van der Waals surface area contributed by atoms with E-state index >= 15 is 0 Å². The van der Waals surface area contributed by atoms with Gasteiger partial charge in [0.1, 0.15) is 18.1 Å². The molecule has 0 atom stereocenters. The molecular weight excluding hydrogens is 432 g/mol. The van der Waals surface area contributed by atoms with Gasteiger partial charge in [-0.3, -0.25) is 4.90 Å². The van der Waals surface area contributed by atoms with Crippen molar-refractivity contribution in [3.8, 4) is 11.5 Å². The minimum absolute atomic E-state index is 0.327. The summed E-state index contributed by atoms with van der Waals surface area (Å²) in [5, 5.41) is 0. The van der Waals surface area contributed by atoms with Crippen LogP contribution in [0.25, 0.3) is 0 Å². The van der Waals surface area contributed by atoms with E-state index in [2.05, 4.69) is 20.8 Å². The maximum atomic E-state index is 12.7. The summed E-state index contributed by atoms with van der Waals surface area (Å²) >= 11 is 3.33. The average Bonchev–Trinajstić information content (AvgIpc) is 2.69. The Labute approximate surface area is 168 Å². The maximum Gasteiger partial charge on any atom is 0.243 e. The van der Waals surface area contributed by atoms with Crippen molar-refractivity contribution in [1.29, 1.82) is 0 Å².